The minimum absolute atomic E-state index is 0.0696. The van der Waals surface area contributed by atoms with Crippen LogP contribution in [0.25, 0.3) is 0 Å². The van der Waals surface area contributed by atoms with Gasteiger partial charge in [-0.05, 0) is 105 Å². The number of halogens is 1. The molecular weight excluding hydrogens is 462 g/mol. The Bertz CT molecular complexity index is 1130. The van der Waals surface area contributed by atoms with Crippen molar-refractivity contribution in [3.8, 4) is 11.6 Å². The Kier molecular flexibility index (Phi) is 5.75. The van der Waals surface area contributed by atoms with Gasteiger partial charge in [0.15, 0.2) is 5.75 Å². The van der Waals surface area contributed by atoms with Gasteiger partial charge in [-0.2, -0.15) is 0 Å². The highest BCUT2D eigenvalue weighted by atomic mass is 35.5. The lowest BCUT2D eigenvalue weighted by Crippen LogP contribution is -2.55. The first kappa shape index (κ1) is 22.8. The lowest BCUT2D eigenvalue weighted by atomic mass is 9.48. The number of pyridine rings is 1. The van der Waals surface area contributed by atoms with E-state index in [1.807, 2.05) is 0 Å². The van der Waals surface area contributed by atoms with Crippen molar-refractivity contribution in [2.75, 3.05) is 11.4 Å². The van der Waals surface area contributed by atoms with Gasteiger partial charge in [0.25, 0.3) is 5.91 Å². The first-order valence-electron chi connectivity index (χ1n) is 12.9. The lowest BCUT2D eigenvalue weighted by molar-refractivity contribution is -0.126. The highest BCUT2D eigenvalue weighted by molar-refractivity contribution is 6.31. The van der Waals surface area contributed by atoms with Crippen molar-refractivity contribution in [3.63, 3.8) is 0 Å². The lowest BCUT2D eigenvalue weighted by Gasteiger charge is -2.59. The molecule has 1 unspecified atom stereocenters. The highest BCUT2D eigenvalue weighted by Gasteiger charge is 2.53. The number of aromatic nitrogens is 1. The number of rotatable bonds is 6. The van der Waals surface area contributed by atoms with Crippen LogP contribution in [0.3, 0.4) is 0 Å². The second-order valence-electron chi connectivity index (χ2n) is 11.2. The quantitative estimate of drug-likeness (QED) is 0.536. The van der Waals surface area contributed by atoms with E-state index < -0.39 is 0 Å². The summed E-state index contributed by atoms with van der Waals surface area (Å²) in [6.07, 6.45) is 10.5. The zero-order valence-corrected chi connectivity index (χ0v) is 20.9. The van der Waals surface area contributed by atoms with E-state index in [0.717, 1.165) is 17.8 Å². The second-order valence-corrected chi connectivity index (χ2v) is 11.6. The van der Waals surface area contributed by atoms with Gasteiger partial charge in [-0.15, -0.1) is 0 Å². The molecule has 0 saturated heterocycles. The molecule has 4 aliphatic carbocycles. The first-order valence-corrected chi connectivity index (χ1v) is 13.3. The van der Waals surface area contributed by atoms with Crippen molar-refractivity contribution >= 4 is 29.1 Å². The van der Waals surface area contributed by atoms with Crippen LogP contribution in [0.5, 0.6) is 11.6 Å². The molecule has 1 aromatic heterocycles. The largest absolute Gasteiger partial charge is 0.436 e. The monoisotopic (exact) mass is 493 g/mol. The predicted octanol–water partition coefficient (Wildman–Crippen LogP) is 5.99. The second kappa shape index (κ2) is 8.81. The van der Waals surface area contributed by atoms with Crippen molar-refractivity contribution in [1.29, 1.82) is 0 Å². The Morgan fingerprint density at radius 3 is 2.63 bits per heavy atom. The zero-order valence-electron chi connectivity index (χ0n) is 20.1. The summed E-state index contributed by atoms with van der Waals surface area (Å²) in [6, 6.07) is 8.85. The maximum absolute atomic E-state index is 13.4. The van der Waals surface area contributed by atoms with Gasteiger partial charge in [0, 0.05) is 30.2 Å². The van der Waals surface area contributed by atoms with Gasteiger partial charge in [-0.1, -0.05) is 11.6 Å². The summed E-state index contributed by atoms with van der Waals surface area (Å²) in [6.45, 7) is 2.60. The molecule has 1 atom stereocenters. The third kappa shape index (κ3) is 4.20. The molecule has 4 saturated carbocycles. The van der Waals surface area contributed by atoms with E-state index in [1.165, 1.54) is 38.5 Å². The van der Waals surface area contributed by atoms with Gasteiger partial charge in [0.2, 0.25) is 11.8 Å². The van der Waals surface area contributed by atoms with Crippen LogP contribution >= 0.6 is 11.6 Å². The summed E-state index contributed by atoms with van der Waals surface area (Å²) in [5, 5.41) is 3.86. The third-order valence-electron chi connectivity index (χ3n) is 8.83. The number of hydrogen-bond acceptors (Lipinski definition) is 4. The number of amides is 2. The first-order chi connectivity index (χ1) is 16.9. The summed E-state index contributed by atoms with van der Waals surface area (Å²) in [5.74, 6) is 3.27. The number of fused-ring (bicyclic) bond motifs is 2. The van der Waals surface area contributed by atoms with E-state index in [4.69, 9.17) is 16.3 Å². The standard InChI is InChI=1S/C28H32ClN3O3/c1-17(28-14-18-10-19(15-28)12-20(11-18)16-28)31-25(33)5-3-9-32-23-13-21(29)6-7-24(23)35-26-22(27(32)34)4-2-8-30-26/h2,4,6-8,13,17-20H,3,5,9-12,14-16H2,1H3,(H,31,33). The molecule has 1 N–H and O–H groups in total. The molecule has 1 aromatic carbocycles. The van der Waals surface area contributed by atoms with Gasteiger partial charge in [-0.3, -0.25) is 9.59 Å². The molecule has 2 amide bonds. The van der Waals surface area contributed by atoms with Gasteiger partial charge in [0.05, 0.1) is 5.69 Å². The Labute approximate surface area is 211 Å². The van der Waals surface area contributed by atoms with Gasteiger partial charge in [-0.25, -0.2) is 4.98 Å². The number of ether oxygens (including phenoxy) is 1. The fraction of sp³-hybridized carbons (Fsp3) is 0.536. The number of anilines is 1. The fourth-order valence-electron chi connectivity index (χ4n) is 7.58. The summed E-state index contributed by atoms with van der Waals surface area (Å²) in [4.78, 5) is 32.2. The minimum atomic E-state index is -0.198. The van der Waals surface area contributed by atoms with Gasteiger partial charge in [0.1, 0.15) is 5.56 Å². The number of carbonyl (C=O) groups is 2. The van der Waals surface area contributed by atoms with Crippen LogP contribution in [0.4, 0.5) is 5.69 Å². The summed E-state index contributed by atoms with van der Waals surface area (Å²) < 4.78 is 5.94. The van der Waals surface area contributed by atoms with Crippen LogP contribution in [0.2, 0.25) is 5.02 Å². The maximum Gasteiger partial charge on any atom is 0.263 e. The van der Waals surface area contributed by atoms with Crippen molar-refractivity contribution in [1.82, 2.24) is 10.3 Å². The van der Waals surface area contributed by atoms with Gasteiger partial charge < -0.3 is 15.0 Å². The molecule has 184 valence electrons. The molecule has 35 heavy (non-hydrogen) atoms. The third-order valence-corrected chi connectivity index (χ3v) is 9.07. The number of hydrogen-bond donors (Lipinski definition) is 1. The van der Waals surface area contributed by atoms with Crippen LogP contribution in [0, 0.1) is 23.2 Å². The van der Waals surface area contributed by atoms with Crippen LogP contribution in [0.15, 0.2) is 36.5 Å². The Morgan fingerprint density at radius 2 is 1.91 bits per heavy atom. The van der Waals surface area contributed by atoms with Crippen LogP contribution in [-0.2, 0) is 4.79 Å². The number of benzene rings is 1. The predicted molar refractivity (Wildman–Crippen MR) is 135 cm³/mol. The summed E-state index contributed by atoms with van der Waals surface area (Å²) in [5.41, 5.74) is 1.29. The van der Waals surface area contributed by atoms with Crippen molar-refractivity contribution in [2.45, 2.75) is 64.3 Å². The molecule has 0 radical (unpaired) electrons. The van der Waals surface area contributed by atoms with Gasteiger partial charge >= 0.3 is 0 Å². The average molecular weight is 494 g/mol. The van der Waals surface area contributed by atoms with Crippen molar-refractivity contribution in [3.05, 3.63) is 47.1 Å². The highest BCUT2D eigenvalue weighted by Crippen LogP contribution is 2.61. The van der Waals surface area contributed by atoms with E-state index in [9.17, 15) is 9.59 Å². The number of carbonyl (C=O) groups excluding carboxylic acids is 2. The molecule has 1 aliphatic heterocycles. The Balaban J connectivity index is 1.12. The molecule has 4 fully saturated rings. The molecule has 2 heterocycles. The van der Waals surface area contributed by atoms with Crippen molar-refractivity contribution in [2.24, 2.45) is 23.2 Å². The van der Waals surface area contributed by atoms with E-state index in [2.05, 4.69) is 17.2 Å². The molecule has 5 aliphatic rings. The van der Waals surface area contributed by atoms with Crippen LogP contribution in [0.1, 0.15) is 68.6 Å². The summed E-state index contributed by atoms with van der Waals surface area (Å²) in [7, 11) is 0. The van der Waals surface area contributed by atoms with E-state index in [0.29, 0.717) is 41.4 Å². The normalized spacial score (nSPS) is 29.1. The van der Waals surface area contributed by atoms with E-state index >= 15 is 0 Å². The summed E-state index contributed by atoms with van der Waals surface area (Å²) >= 11 is 6.25. The number of nitrogens with one attached hydrogen (secondary N) is 1. The maximum atomic E-state index is 13.4. The van der Waals surface area contributed by atoms with E-state index in [-0.39, 0.29) is 29.2 Å². The molecule has 7 heteroatoms. The Morgan fingerprint density at radius 1 is 1.20 bits per heavy atom. The average Bonchev–Trinajstić information content (AvgIpc) is 2.93. The molecular formula is C28H32ClN3O3. The SMILES string of the molecule is CC(NC(=O)CCCN1C(=O)c2cccnc2Oc2ccc(Cl)cc21)C12CC3CC(CC(C3)C1)C2. The smallest absolute Gasteiger partial charge is 0.263 e. The minimum Gasteiger partial charge on any atom is -0.436 e. The molecule has 2 aromatic rings. The van der Waals surface area contributed by atoms with Crippen molar-refractivity contribution < 1.29 is 14.3 Å². The zero-order chi connectivity index (χ0) is 24.2. The molecule has 7 rings (SSSR count). The van der Waals surface area contributed by atoms with E-state index in [1.54, 1.807) is 41.4 Å². The van der Waals surface area contributed by atoms with Crippen LogP contribution < -0.4 is 15.0 Å². The topological polar surface area (TPSA) is 71.5 Å². The fourth-order valence-corrected chi connectivity index (χ4v) is 7.74. The molecule has 6 nitrogen and oxygen atoms in total. The number of nitrogens with zero attached hydrogens (tertiary/aromatic N) is 2. The molecule has 4 bridgehead atoms. The van der Waals surface area contributed by atoms with Crippen LogP contribution in [-0.4, -0.2) is 29.4 Å². The Hall–Kier alpha value is -2.60. The molecule has 0 spiro atoms.